The fourth-order valence-electron chi connectivity index (χ4n) is 2.19. The number of nitrogens with one attached hydrogen (secondary N) is 1. The maximum absolute atomic E-state index is 12.1. The summed E-state index contributed by atoms with van der Waals surface area (Å²) in [5, 5.41) is 2.80. The summed E-state index contributed by atoms with van der Waals surface area (Å²) in [6.07, 6.45) is 1.12. The van der Waals surface area contributed by atoms with Gasteiger partial charge in [-0.05, 0) is 64.3 Å². The van der Waals surface area contributed by atoms with Gasteiger partial charge in [0, 0.05) is 10.7 Å². The summed E-state index contributed by atoms with van der Waals surface area (Å²) < 4.78 is 18.4. The third kappa shape index (κ3) is 8.58. The molecule has 1 aromatic carbocycles. The standard InChI is InChI=1S/C20H24Br2N2O4/c1-20(2,3)28-19(25)24-16(12-26-11-14-7-5-4-6-8-14)13-27-18-17(22)9-15(21)10-23-18/h4-10,16H,11-13H2,1-3H3,(H,24,25)/t16-/m0/s1. The fraction of sp³-hybridized carbons (Fsp3) is 0.400. The van der Waals surface area contributed by atoms with E-state index in [2.05, 4.69) is 42.2 Å². The second-order valence-electron chi connectivity index (χ2n) is 7.10. The number of nitrogens with zero attached hydrogens (tertiary/aromatic N) is 1. The molecule has 28 heavy (non-hydrogen) atoms. The number of amides is 1. The summed E-state index contributed by atoms with van der Waals surface area (Å²) >= 11 is 6.76. The zero-order chi connectivity index (χ0) is 20.6. The van der Waals surface area contributed by atoms with Crippen molar-refractivity contribution >= 4 is 38.0 Å². The fourth-order valence-corrected chi connectivity index (χ4v) is 3.29. The largest absolute Gasteiger partial charge is 0.475 e. The number of rotatable bonds is 8. The molecule has 1 atom stereocenters. The van der Waals surface area contributed by atoms with Gasteiger partial charge in [-0.25, -0.2) is 9.78 Å². The van der Waals surface area contributed by atoms with E-state index in [1.807, 2.05) is 57.2 Å². The number of pyridine rings is 1. The summed E-state index contributed by atoms with van der Waals surface area (Å²) in [6.45, 7) is 6.32. The minimum atomic E-state index is -0.587. The van der Waals surface area contributed by atoms with Gasteiger partial charge in [-0.15, -0.1) is 0 Å². The van der Waals surface area contributed by atoms with E-state index in [0.29, 0.717) is 17.0 Å². The van der Waals surface area contributed by atoms with Gasteiger partial charge in [-0.3, -0.25) is 0 Å². The van der Waals surface area contributed by atoms with Crippen LogP contribution in [0.3, 0.4) is 0 Å². The van der Waals surface area contributed by atoms with Crippen molar-refractivity contribution in [3.63, 3.8) is 0 Å². The molecule has 152 valence electrons. The van der Waals surface area contributed by atoms with Crippen molar-refractivity contribution in [2.45, 2.75) is 39.0 Å². The van der Waals surface area contributed by atoms with Gasteiger partial charge >= 0.3 is 6.09 Å². The first-order valence-corrected chi connectivity index (χ1v) is 10.4. The zero-order valence-corrected chi connectivity index (χ0v) is 19.2. The van der Waals surface area contributed by atoms with Gasteiger partial charge in [0.25, 0.3) is 0 Å². The molecule has 1 heterocycles. The lowest BCUT2D eigenvalue weighted by Gasteiger charge is -2.24. The number of carbonyl (C=O) groups excluding carboxylic acids is 1. The molecule has 2 aromatic rings. The molecule has 0 aliphatic carbocycles. The van der Waals surface area contributed by atoms with E-state index < -0.39 is 17.7 Å². The van der Waals surface area contributed by atoms with Crippen molar-refractivity contribution < 1.29 is 19.0 Å². The van der Waals surface area contributed by atoms with Gasteiger partial charge < -0.3 is 19.5 Å². The Morgan fingerprint density at radius 3 is 2.54 bits per heavy atom. The molecule has 2 rings (SSSR count). The molecule has 0 saturated heterocycles. The van der Waals surface area contributed by atoms with Crippen LogP contribution >= 0.6 is 31.9 Å². The van der Waals surface area contributed by atoms with Crippen LogP contribution in [0.2, 0.25) is 0 Å². The van der Waals surface area contributed by atoms with E-state index >= 15 is 0 Å². The first-order valence-electron chi connectivity index (χ1n) is 8.78. The number of halogens is 2. The Balaban J connectivity index is 1.94. The Kier molecular flexibility index (Phi) is 8.72. The Bertz CT molecular complexity index is 767. The van der Waals surface area contributed by atoms with Crippen LogP contribution in [0.15, 0.2) is 51.5 Å². The van der Waals surface area contributed by atoms with Crippen molar-refractivity contribution in [2.75, 3.05) is 13.2 Å². The van der Waals surface area contributed by atoms with Crippen LogP contribution in [0.5, 0.6) is 5.88 Å². The Labute approximate surface area is 182 Å². The minimum Gasteiger partial charge on any atom is -0.475 e. The highest BCUT2D eigenvalue weighted by Gasteiger charge is 2.21. The van der Waals surface area contributed by atoms with Crippen LogP contribution in [0.4, 0.5) is 4.79 Å². The molecule has 1 amide bonds. The van der Waals surface area contributed by atoms with Gasteiger partial charge in [0.1, 0.15) is 12.2 Å². The Morgan fingerprint density at radius 1 is 1.18 bits per heavy atom. The van der Waals surface area contributed by atoms with Crippen molar-refractivity contribution in [2.24, 2.45) is 0 Å². The summed E-state index contributed by atoms with van der Waals surface area (Å²) in [5.74, 6) is 0.433. The number of aromatic nitrogens is 1. The molecule has 0 aliphatic heterocycles. The SMILES string of the molecule is CC(C)(C)OC(=O)N[C@@H](COCc1ccccc1)COc1ncc(Br)cc1Br. The van der Waals surface area contributed by atoms with Gasteiger partial charge in [0.2, 0.25) is 5.88 Å². The molecule has 0 bridgehead atoms. The molecule has 1 aromatic heterocycles. The van der Waals surface area contributed by atoms with Crippen molar-refractivity contribution in [3.8, 4) is 5.88 Å². The molecular weight excluding hydrogens is 492 g/mol. The molecule has 0 saturated carbocycles. The molecular formula is C20H24Br2N2O4. The molecule has 1 N–H and O–H groups in total. The topological polar surface area (TPSA) is 69.7 Å². The lowest BCUT2D eigenvalue weighted by Crippen LogP contribution is -2.44. The highest BCUT2D eigenvalue weighted by molar-refractivity contribution is 9.11. The van der Waals surface area contributed by atoms with Crippen LogP contribution in [0.1, 0.15) is 26.3 Å². The number of hydrogen-bond donors (Lipinski definition) is 1. The van der Waals surface area contributed by atoms with Gasteiger partial charge in [-0.1, -0.05) is 30.3 Å². The van der Waals surface area contributed by atoms with Crippen LogP contribution in [-0.4, -0.2) is 35.9 Å². The predicted molar refractivity (Wildman–Crippen MR) is 114 cm³/mol. The lowest BCUT2D eigenvalue weighted by atomic mass is 10.2. The highest BCUT2D eigenvalue weighted by atomic mass is 79.9. The predicted octanol–water partition coefficient (Wildman–Crippen LogP) is 5.10. The van der Waals surface area contributed by atoms with Gasteiger partial charge in [-0.2, -0.15) is 0 Å². The monoisotopic (exact) mass is 514 g/mol. The zero-order valence-electron chi connectivity index (χ0n) is 16.1. The summed E-state index contributed by atoms with van der Waals surface area (Å²) in [7, 11) is 0. The van der Waals surface area contributed by atoms with Crippen molar-refractivity contribution in [3.05, 3.63) is 57.1 Å². The van der Waals surface area contributed by atoms with E-state index in [0.717, 1.165) is 10.0 Å². The Hall–Kier alpha value is -1.64. The van der Waals surface area contributed by atoms with Crippen LogP contribution < -0.4 is 10.1 Å². The van der Waals surface area contributed by atoms with E-state index in [4.69, 9.17) is 14.2 Å². The average Bonchev–Trinajstić information content (AvgIpc) is 2.60. The first-order chi connectivity index (χ1) is 13.2. The third-order valence-electron chi connectivity index (χ3n) is 3.35. The van der Waals surface area contributed by atoms with Crippen LogP contribution in [0, 0.1) is 0 Å². The summed E-state index contributed by atoms with van der Waals surface area (Å²) in [6, 6.07) is 11.3. The molecule has 0 spiro atoms. The summed E-state index contributed by atoms with van der Waals surface area (Å²) in [4.78, 5) is 16.4. The molecule has 8 heteroatoms. The molecule has 6 nitrogen and oxygen atoms in total. The number of hydrogen-bond acceptors (Lipinski definition) is 5. The third-order valence-corrected chi connectivity index (χ3v) is 4.35. The van der Waals surface area contributed by atoms with E-state index in [9.17, 15) is 4.79 Å². The molecule has 0 aliphatic rings. The van der Waals surface area contributed by atoms with Crippen LogP contribution in [-0.2, 0) is 16.1 Å². The van der Waals surface area contributed by atoms with Crippen LogP contribution in [0.25, 0.3) is 0 Å². The van der Waals surface area contributed by atoms with Crippen molar-refractivity contribution in [1.29, 1.82) is 0 Å². The lowest BCUT2D eigenvalue weighted by molar-refractivity contribution is 0.0379. The number of ether oxygens (including phenoxy) is 3. The smallest absolute Gasteiger partial charge is 0.408 e. The average molecular weight is 516 g/mol. The number of alkyl carbamates (subject to hydrolysis) is 1. The molecule has 0 fully saturated rings. The quantitative estimate of drug-likeness (QED) is 0.530. The first kappa shape index (κ1) is 22.6. The maximum atomic E-state index is 12.1. The van der Waals surface area contributed by atoms with E-state index in [-0.39, 0.29) is 13.2 Å². The second-order valence-corrected chi connectivity index (χ2v) is 8.87. The summed E-state index contributed by atoms with van der Waals surface area (Å²) in [5.41, 5.74) is 0.466. The highest BCUT2D eigenvalue weighted by Crippen LogP contribution is 2.25. The number of carbonyl (C=O) groups is 1. The normalized spacial score (nSPS) is 12.3. The second kappa shape index (κ2) is 10.8. The minimum absolute atomic E-state index is 0.182. The van der Waals surface area contributed by atoms with E-state index in [1.165, 1.54) is 0 Å². The van der Waals surface area contributed by atoms with Gasteiger partial charge in [0.05, 0.1) is 23.7 Å². The molecule has 0 unspecified atom stereocenters. The van der Waals surface area contributed by atoms with E-state index in [1.54, 1.807) is 6.20 Å². The number of benzene rings is 1. The van der Waals surface area contributed by atoms with Crippen molar-refractivity contribution in [1.82, 2.24) is 10.3 Å². The maximum Gasteiger partial charge on any atom is 0.408 e. The molecule has 0 radical (unpaired) electrons. The van der Waals surface area contributed by atoms with Gasteiger partial charge in [0.15, 0.2) is 0 Å². The Morgan fingerprint density at radius 2 is 1.89 bits per heavy atom.